The van der Waals surface area contributed by atoms with Crippen molar-refractivity contribution in [2.24, 2.45) is 0 Å². The maximum Gasteiger partial charge on any atom is 0.314 e. The standard InChI is InChI=1S/C10H8ClNO3/c11-8-3-1-2-7(12-8)6-4-9(13)15-10(14)5-6/h1-3,6H,4-5H2. The highest BCUT2D eigenvalue weighted by molar-refractivity contribution is 6.29. The maximum absolute atomic E-state index is 11.0. The Labute approximate surface area is 91.2 Å². The Kier molecular flexibility index (Phi) is 2.68. The molecule has 0 aromatic carbocycles. The molecule has 0 atom stereocenters. The van der Waals surface area contributed by atoms with E-state index < -0.39 is 11.9 Å². The van der Waals surface area contributed by atoms with Crippen molar-refractivity contribution in [2.45, 2.75) is 18.8 Å². The van der Waals surface area contributed by atoms with Crippen molar-refractivity contribution >= 4 is 23.5 Å². The van der Waals surface area contributed by atoms with Gasteiger partial charge in [-0.2, -0.15) is 0 Å². The van der Waals surface area contributed by atoms with Crippen LogP contribution in [0.4, 0.5) is 0 Å². The maximum atomic E-state index is 11.0. The third-order valence-corrected chi connectivity index (χ3v) is 2.42. The molecule has 0 aliphatic carbocycles. The van der Waals surface area contributed by atoms with Crippen LogP contribution < -0.4 is 0 Å². The number of ether oxygens (including phenoxy) is 1. The number of cyclic esters (lactones) is 2. The second-order valence-electron chi connectivity index (χ2n) is 3.34. The van der Waals surface area contributed by atoms with E-state index in [4.69, 9.17) is 11.6 Å². The van der Waals surface area contributed by atoms with E-state index in [1.54, 1.807) is 18.2 Å². The van der Waals surface area contributed by atoms with E-state index in [1.807, 2.05) is 0 Å². The molecule has 2 heterocycles. The molecule has 0 unspecified atom stereocenters. The largest absolute Gasteiger partial charge is 0.393 e. The predicted molar refractivity (Wildman–Crippen MR) is 52.3 cm³/mol. The van der Waals surface area contributed by atoms with Crippen LogP contribution >= 0.6 is 11.6 Å². The molecule has 1 aromatic heterocycles. The van der Waals surface area contributed by atoms with E-state index in [0.717, 1.165) is 0 Å². The summed E-state index contributed by atoms with van der Waals surface area (Å²) < 4.78 is 4.43. The summed E-state index contributed by atoms with van der Waals surface area (Å²) in [6, 6.07) is 5.14. The molecule has 0 radical (unpaired) electrons. The van der Waals surface area contributed by atoms with Gasteiger partial charge in [-0.25, -0.2) is 4.98 Å². The van der Waals surface area contributed by atoms with Crippen LogP contribution in [0.1, 0.15) is 24.5 Å². The highest BCUT2D eigenvalue weighted by Gasteiger charge is 2.29. The van der Waals surface area contributed by atoms with Gasteiger partial charge in [-0.15, -0.1) is 0 Å². The van der Waals surface area contributed by atoms with Gasteiger partial charge in [0.1, 0.15) is 5.15 Å². The molecule has 4 nitrogen and oxygen atoms in total. The Morgan fingerprint density at radius 2 is 1.93 bits per heavy atom. The fourth-order valence-electron chi connectivity index (χ4n) is 1.55. The summed E-state index contributed by atoms with van der Waals surface area (Å²) in [5.41, 5.74) is 0.660. The lowest BCUT2D eigenvalue weighted by molar-refractivity contribution is -0.164. The number of hydrogen-bond acceptors (Lipinski definition) is 4. The second kappa shape index (κ2) is 3.98. The van der Waals surface area contributed by atoms with Gasteiger partial charge in [-0.3, -0.25) is 9.59 Å². The van der Waals surface area contributed by atoms with E-state index in [0.29, 0.717) is 10.8 Å². The van der Waals surface area contributed by atoms with E-state index in [9.17, 15) is 9.59 Å². The van der Waals surface area contributed by atoms with Gasteiger partial charge in [-0.1, -0.05) is 17.7 Å². The lowest BCUT2D eigenvalue weighted by atomic mass is 9.95. The molecule has 0 spiro atoms. The Balaban J connectivity index is 2.23. The van der Waals surface area contributed by atoms with Crippen molar-refractivity contribution in [3.8, 4) is 0 Å². The molecule has 1 aromatic rings. The molecule has 5 heteroatoms. The SMILES string of the molecule is O=C1CC(c2cccc(Cl)n2)CC(=O)O1. The average molecular weight is 226 g/mol. The molecule has 1 saturated heterocycles. The first-order chi connectivity index (χ1) is 7.15. The van der Waals surface area contributed by atoms with Gasteiger partial charge in [0.05, 0.1) is 12.8 Å². The minimum absolute atomic E-state index is 0.180. The number of rotatable bonds is 1. The molecule has 1 aliphatic heterocycles. The molecule has 1 aliphatic rings. The monoisotopic (exact) mass is 225 g/mol. The third kappa shape index (κ3) is 2.33. The van der Waals surface area contributed by atoms with Crippen molar-refractivity contribution in [2.75, 3.05) is 0 Å². The highest BCUT2D eigenvalue weighted by atomic mass is 35.5. The summed E-state index contributed by atoms with van der Waals surface area (Å²) >= 11 is 5.72. The number of halogens is 1. The van der Waals surface area contributed by atoms with Crippen molar-refractivity contribution in [3.63, 3.8) is 0 Å². The quantitative estimate of drug-likeness (QED) is 0.415. The van der Waals surface area contributed by atoms with Gasteiger partial charge >= 0.3 is 11.9 Å². The summed E-state index contributed by atoms with van der Waals surface area (Å²) in [4.78, 5) is 26.1. The van der Waals surface area contributed by atoms with Crippen LogP contribution in [0.25, 0.3) is 0 Å². The lowest BCUT2D eigenvalue weighted by Crippen LogP contribution is -2.24. The fourth-order valence-corrected chi connectivity index (χ4v) is 1.72. The first-order valence-corrected chi connectivity index (χ1v) is 4.89. The molecule has 15 heavy (non-hydrogen) atoms. The van der Waals surface area contributed by atoms with Gasteiger partial charge in [0.15, 0.2) is 0 Å². The summed E-state index contributed by atoms with van der Waals surface area (Å²) in [6.07, 6.45) is 0.359. The zero-order valence-electron chi connectivity index (χ0n) is 7.77. The Hall–Kier alpha value is -1.42. The second-order valence-corrected chi connectivity index (χ2v) is 3.72. The molecule has 2 rings (SSSR count). The number of aromatic nitrogens is 1. The molecule has 0 amide bonds. The lowest BCUT2D eigenvalue weighted by Gasteiger charge is -2.18. The molecular weight excluding hydrogens is 218 g/mol. The first-order valence-electron chi connectivity index (χ1n) is 4.51. The Bertz CT molecular complexity index is 403. The molecular formula is C10H8ClNO3. The molecule has 78 valence electrons. The van der Waals surface area contributed by atoms with E-state index in [2.05, 4.69) is 9.72 Å². The van der Waals surface area contributed by atoms with Crippen LogP contribution in [0.3, 0.4) is 0 Å². The highest BCUT2D eigenvalue weighted by Crippen LogP contribution is 2.27. The summed E-state index contributed by atoms with van der Waals surface area (Å²) in [6.45, 7) is 0. The van der Waals surface area contributed by atoms with Gasteiger partial charge in [0, 0.05) is 11.6 Å². The van der Waals surface area contributed by atoms with E-state index in [1.165, 1.54) is 0 Å². The summed E-state index contributed by atoms with van der Waals surface area (Å²) in [5, 5.41) is 0.360. The van der Waals surface area contributed by atoms with Crippen molar-refractivity contribution in [3.05, 3.63) is 29.0 Å². The minimum atomic E-state index is -0.502. The van der Waals surface area contributed by atoms with Crippen LogP contribution in [-0.4, -0.2) is 16.9 Å². The van der Waals surface area contributed by atoms with Crippen LogP contribution in [0, 0.1) is 0 Å². The van der Waals surface area contributed by atoms with Crippen LogP contribution in [0.15, 0.2) is 18.2 Å². The Morgan fingerprint density at radius 3 is 2.53 bits per heavy atom. The predicted octanol–water partition coefficient (Wildman–Crippen LogP) is 1.68. The number of hydrogen-bond donors (Lipinski definition) is 0. The average Bonchev–Trinajstić information content (AvgIpc) is 2.16. The minimum Gasteiger partial charge on any atom is -0.393 e. The van der Waals surface area contributed by atoms with Gasteiger partial charge in [0.25, 0.3) is 0 Å². The number of carbonyl (C=O) groups is 2. The summed E-state index contributed by atoms with van der Waals surface area (Å²) in [7, 11) is 0. The zero-order valence-corrected chi connectivity index (χ0v) is 8.53. The topological polar surface area (TPSA) is 56.3 Å². The number of pyridine rings is 1. The molecule has 0 N–H and O–H groups in total. The number of nitrogens with zero attached hydrogens (tertiary/aromatic N) is 1. The summed E-state index contributed by atoms with van der Waals surface area (Å²) in [5.74, 6) is -1.21. The van der Waals surface area contributed by atoms with Crippen molar-refractivity contribution in [1.29, 1.82) is 0 Å². The van der Waals surface area contributed by atoms with Crippen molar-refractivity contribution in [1.82, 2.24) is 4.98 Å². The van der Waals surface area contributed by atoms with Gasteiger partial charge in [-0.05, 0) is 12.1 Å². The molecule has 1 fully saturated rings. The molecule has 0 saturated carbocycles. The van der Waals surface area contributed by atoms with Crippen molar-refractivity contribution < 1.29 is 14.3 Å². The zero-order chi connectivity index (χ0) is 10.8. The smallest absolute Gasteiger partial charge is 0.314 e. The van der Waals surface area contributed by atoms with E-state index in [-0.39, 0.29) is 18.8 Å². The number of esters is 2. The Morgan fingerprint density at radius 1 is 1.27 bits per heavy atom. The van der Waals surface area contributed by atoms with E-state index >= 15 is 0 Å². The first kappa shape index (κ1) is 10.1. The van der Waals surface area contributed by atoms with Gasteiger partial charge < -0.3 is 4.74 Å². The van der Waals surface area contributed by atoms with Crippen LogP contribution in [0.2, 0.25) is 5.15 Å². The van der Waals surface area contributed by atoms with Crippen LogP contribution in [-0.2, 0) is 14.3 Å². The third-order valence-electron chi connectivity index (χ3n) is 2.21. The fraction of sp³-hybridized carbons (Fsp3) is 0.300. The van der Waals surface area contributed by atoms with Crippen LogP contribution in [0.5, 0.6) is 0 Å². The van der Waals surface area contributed by atoms with Gasteiger partial charge in [0.2, 0.25) is 0 Å². The molecule has 0 bridgehead atoms. The number of carbonyl (C=O) groups excluding carboxylic acids is 2. The normalized spacial score (nSPS) is 17.7.